The number of nitrogens with zero attached hydrogens (tertiary/aromatic N) is 3. The summed E-state index contributed by atoms with van der Waals surface area (Å²) in [5, 5.41) is 3.98. The number of nitrogens with one attached hydrogen (secondary N) is 1. The topological polar surface area (TPSA) is 42.3 Å². The molecule has 1 heterocycles. The van der Waals surface area contributed by atoms with Crippen LogP contribution in [0, 0.1) is 5.82 Å². The van der Waals surface area contributed by atoms with Crippen LogP contribution in [0.3, 0.4) is 0 Å². The van der Waals surface area contributed by atoms with Crippen LogP contribution in [-0.4, -0.2) is 32.7 Å². The second kappa shape index (κ2) is 11.3. The molecule has 0 amide bonds. The van der Waals surface area contributed by atoms with Gasteiger partial charge in [-0.2, -0.15) is 0 Å². The molecule has 30 heavy (non-hydrogen) atoms. The molecule has 3 rings (SSSR count). The molecule has 2 aromatic carbocycles. The third-order valence-electron chi connectivity index (χ3n) is 4.66. The molecule has 0 spiro atoms. The number of ether oxygens (including phenoxy) is 1. The van der Waals surface area contributed by atoms with Crippen molar-refractivity contribution in [3.63, 3.8) is 0 Å². The van der Waals surface area contributed by atoms with Gasteiger partial charge in [0, 0.05) is 38.6 Å². The first kappa shape index (κ1) is 21.8. The fraction of sp³-hybridized carbons (Fsp3) is 0.304. The first-order valence-electron chi connectivity index (χ1n) is 10.1. The predicted octanol–water partition coefficient (Wildman–Crippen LogP) is 4.39. The summed E-state index contributed by atoms with van der Waals surface area (Å²) in [6.07, 6.45) is 6.50. The van der Waals surface area contributed by atoms with Gasteiger partial charge in [0.15, 0.2) is 5.11 Å². The average molecular weight is 427 g/mol. The quantitative estimate of drug-likeness (QED) is 0.487. The van der Waals surface area contributed by atoms with Crippen LogP contribution >= 0.6 is 12.2 Å². The van der Waals surface area contributed by atoms with Gasteiger partial charge in [-0.25, -0.2) is 9.37 Å². The summed E-state index contributed by atoms with van der Waals surface area (Å²) >= 11 is 5.68. The van der Waals surface area contributed by atoms with Gasteiger partial charge in [-0.05, 0) is 61.0 Å². The number of benzene rings is 2. The highest BCUT2D eigenvalue weighted by Gasteiger charge is 2.11. The van der Waals surface area contributed by atoms with Gasteiger partial charge in [-0.1, -0.05) is 24.3 Å². The highest BCUT2D eigenvalue weighted by atomic mass is 32.1. The highest BCUT2D eigenvalue weighted by Crippen LogP contribution is 2.14. The summed E-state index contributed by atoms with van der Waals surface area (Å²) in [6, 6.07) is 14.6. The Morgan fingerprint density at radius 1 is 1.13 bits per heavy atom. The van der Waals surface area contributed by atoms with Crippen molar-refractivity contribution in [1.82, 2.24) is 19.8 Å². The minimum absolute atomic E-state index is 0.238. The molecule has 1 N–H and O–H groups in total. The zero-order valence-corrected chi connectivity index (χ0v) is 17.9. The van der Waals surface area contributed by atoms with E-state index in [0.29, 0.717) is 24.8 Å². The lowest BCUT2D eigenvalue weighted by Crippen LogP contribution is -2.39. The lowest BCUT2D eigenvalue weighted by Gasteiger charge is -2.26. The second-order valence-electron chi connectivity index (χ2n) is 6.94. The van der Waals surface area contributed by atoms with Gasteiger partial charge in [0.05, 0.1) is 12.9 Å². The Morgan fingerprint density at radius 2 is 1.87 bits per heavy atom. The summed E-state index contributed by atoms with van der Waals surface area (Å²) in [5.41, 5.74) is 2.14. The number of rotatable bonds is 10. The second-order valence-corrected chi connectivity index (χ2v) is 7.32. The van der Waals surface area contributed by atoms with Crippen LogP contribution in [0.5, 0.6) is 5.75 Å². The van der Waals surface area contributed by atoms with Gasteiger partial charge in [-0.3, -0.25) is 0 Å². The van der Waals surface area contributed by atoms with E-state index in [1.807, 2.05) is 31.6 Å². The number of aryl methyl sites for hydroxylation is 1. The Hall–Kier alpha value is -2.93. The van der Waals surface area contributed by atoms with Crippen molar-refractivity contribution in [2.24, 2.45) is 0 Å². The summed E-state index contributed by atoms with van der Waals surface area (Å²) in [7, 11) is 0. The van der Waals surface area contributed by atoms with Crippen LogP contribution in [0.15, 0.2) is 67.3 Å². The highest BCUT2D eigenvalue weighted by molar-refractivity contribution is 7.80. The summed E-state index contributed by atoms with van der Waals surface area (Å²) in [6.45, 7) is 5.56. The number of halogens is 1. The van der Waals surface area contributed by atoms with Gasteiger partial charge in [0.1, 0.15) is 11.6 Å². The van der Waals surface area contributed by atoms with Crippen LogP contribution in [0.25, 0.3) is 0 Å². The molecular weight excluding hydrogens is 399 g/mol. The molecule has 0 atom stereocenters. The first-order valence-corrected chi connectivity index (χ1v) is 10.5. The molecule has 0 aliphatic carbocycles. The number of thiocarbonyl (C=S) groups is 1. The predicted molar refractivity (Wildman–Crippen MR) is 121 cm³/mol. The fourth-order valence-corrected chi connectivity index (χ4v) is 3.31. The molecule has 158 valence electrons. The van der Waals surface area contributed by atoms with Gasteiger partial charge in [0.25, 0.3) is 0 Å². The summed E-state index contributed by atoms with van der Waals surface area (Å²) in [4.78, 5) is 6.25. The monoisotopic (exact) mass is 426 g/mol. The molecule has 0 unspecified atom stereocenters. The largest absolute Gasteiger partial charge is 0.494 e. The molecule has 0 fully saturated rings. The number of hydrogen-bond donors (Lipinski definition) is 1. The fourth-order valence-electron chi connectivity index (χ4n) is 3.09. The molecule has 5 nitrogen and oxygen atoms in total. The molecule has 7 heteroatoms. The van der Waals surface area contributed by atoms with Crippen molar-refractivity contribution in [1.29, 1.82) is 0 Å². The smallest absolute Gasteiger partial charge is 0.169 e. The van der Waals surface area contributed by atoms with Crippen LogP contribution < -0.4 is 10.1 Å². The maximum absolute atomic E-state index is 13.1. The normalized spacial score (nSPS) is 10.6. The Bertz CT molecular complexity index is 898. The van der Waals surface area contributed by atoms with E-state index < -0.39 is 0 Å². The van der Waals surface area contributed by atoms with Gasteiger partial charge >= 0.3 is 0 Å². The van der Waals surface area contributed by atoms with E-state index in [-0.39, 0.29) is 5.82 Å². The van der Waals surface area contributed by atoms with Crippen molar-refractivity contribution in [2.75, 3.05) is 13.2 Å². The van der Waals surface area contributed by atoms with Crippen molar-refractivity contribution >= 4 is 17.3 Å². The Kier molecular flexibility index (Phi) is 8.20. The maximum Gasteiger partial charge on any atom is 0.169 e. The van der Waals surface area contributed by atoms with E-state index in [4.69, 9.17) is 17.0 Å². The Balaban J connectivity index is 1.60. The molecule has 0 saturated carbocycles. The van der Waals surface area contributed by atoms with Crippen molar-refractivity contribution < 1.29 is 9.13 Å². The van der Waals surface area contributed by atoms with E-state index in [1.54, 1.807) is 18.3 Å². The molecule has 0 saturated heterocycles. The van der Waals surface area contributed by atoms with Gasteiger partial charge in [-0.15, -0.1) is 0 Å². The summed E-state index contributed by atoms with van der Waals surface area (Å²) < 4.78 is 20.7. The van der Waals surface area contributed by atoms with Crippen LogP contribution in [0.1, 0.15) is 24.5 Å². The first-order chi connectivity index (χ1) is 14.6. The SMILES string of the molecule is CCOc1ccc(CN(CCCn2ccnc2)C(=S)NCc2ccc(F)cc2)cc1. The minimum atomic E-state index is -0.238. The van der Waals surface area contributed by atoms with E-state index in [0.717, 1.165) is 36.4 Å². The molecular formula is C23H27FN4OS. The van der Waals surface area contributed by atoms with E-state index in [1.165, 1.54) is 12.1 Å². The average Bonchev–Trinajstić information content (AvgIpc) is 3.27. The molecule has 0 bridgehead atoms. The number of imidazole rings is 1. The standard InChI is InChI=1S/C23H27FN4OS/c1-2-29-22-10-6-20(7-11-22)17-28(14-3-13-27-15-12-25-18-27)23(30)26-16-19-4-8-21(24)9-5-19/h4-12,15,18H,2-3,13-14,16-17H2,1H3,(H,26,30). The lowest BCUT2D eigenvalue weighted by molar-refractivity contribution is 0.339. The molecule has 0 radical (unpaired) electrons. The maximum atomic E-state index is 13.1. The van der Waals surface area contributed by atoms with Crippen LogP contribution in [0.4, 0.5) is 4.39 Å². The molecule has 0 aliphatic heterocycles. The molecule has 0 aliphatic rings. The van der Waals surface area contributed by atoms with E-state index in [9.17, 15) is 4.39 Å². The molecule has 1 aromatic heterocycles. The van der Waals surface area contributed by atoms with Gasteiger partial charge < -0.3 is 19.5 Å². The zero-order chi connectivity index (χ0) is 21.2. The van der Waals surface area contributed by atoms with Crippen molar-refractivity contribution in [2.45, 2.75) is 33.0 Å². The van der Waals surface area contributed by atoms with Crippen LogP contribution in [0.2, 0.25) is 0 Å². The third kappa shape index (κ3) is 6.84. The van der Waals surface area contributed by atoms with Gasteiger partial charge in [0.2, 0.25) is 0 Å². The minimum Gasteiger partial charge on any atom is -0.494 e. The Morgan fingerprint density at radius 3 is 2.53 bits per heavy atom. The van der Waals surface area contributed by atoms with E-state index >= 15 is 0 Å². The lowest BCUT2D eigenvalue weighted by atomic mass is 10.2. The molecule has 3 aromatic rings. The van der Waals surface area contributed by atoms with Crippen molar-refractivity contribution in [3.05, 3.63) is 84.2 Å². The third-order valence-corrected chi connectivity index (χ3v) is 5.06. The van der Waals surface area contributed by atoms with Crippen molar-refractivity contribution in [3.8, 4) is 5.75 Å². The number of hydrogen-bond acceptors (Lipinski definition) is 3. The number of aromatic nitrogens is 2. The Labute approximate surface area is 182 Å². The summed E-state index contributed by atoms with van der Waals surface area (Å²) in [5.74, 6) is 0.628. The zero-order valence-electron chi connectivity index (χ0n) is 17.1. The van der Waals surface area contributed by atoms with Crippen LogP contribution in [-0.2, 0) is 19.6 Å². The van der Waals surface area contributed by atoms with E-state index in [2.05, 4.69) is 31.9 Å².